The highest BCUT2D eigenvalue weighted by Crippen LogP contribution is 2.26. The molecule has 2 nitrogen and oxygen atoms in total. The number of rotatable bonds is 2. The highest BCUT2D eigenvalue weighted by molar-refractivity contribution is 5.98. The van der Waals surface area contributed by atoms with Gasteiger partial charge in [-0.25, -0.2) is 0 Å². The van der Waals surface area contributed by atoms with E-state index in [1.54, 1.807) is 4.90 Å². The molecule has 4 rings (SSSR count). The van der Waals surface area contributed by atoms with Crippen LogP contribution in [0.5, 0.6) is 0 Å². The van der Waals surface area contributed by atoms with Gasteiger partial charge in [0.1, 0.15) is 0 Å². The zero-order valence-electron chi connectivity index (χ0n) is 9.86. The maximum absolute atomic E-state index is 12.4. The number of carbonyl (C=O) groups excluding carboxylic acids is 1. The molecular weight excluding hydrogens is 234 g/mol. The summed E-state index contributed by atoms with van der Waals surface area (Å²) in [4.78, 5) is 14.0. The molecule has 17 heavy (non-hydrogen) atoms. The van der Waals surface area contributed by atoms with E-state index in [1.165, 1.54) is 25.9 Å². The minimum absolute atomic E-state index is 0. The summed E-state index contributed by atoms with van der Waals surface area (Å²) in [6.07, 6.45) is 2.50. The third-order valence-electron chi connectivity index (χ3n) is 4.21. The Morgan fingerprint density at radius 3 is 2.29 bits per heavy atom. The van der Waals surface area contributed by atoms with Gasteiger partial charge >= 0.3 is 0 Å². The molecule has 1 aromatic rings. The van der Waals surface area contributed by atoms with Crippen LogP contribution in [0.1, 0.15) is 23.2 Å². The van der Waals surface area contributed by atoms with Gasteiger partial charge in [0.2, 0.25) is 0 Å². The van der Waals surface area contributed by atoms with Crippen LogP contribution in [0.25, 0.3) is 0 Å². The van der Waals surface area contributed by atoms with Gasteiger partial charge in [-0.3, -0.25) is 4.79 Å². The Hall–Kier alpha value is -0.860. The first-order chi connectivity index (χ1) is 7.84. The van der Waals surface area contributed by atoms with Crippen LogP contribution < -0.4 is 17.3 Å². The molecule has 3 aliphatic heterocycles. The number of piperidine rings is 3. The maximum Gasteiger partial charge on any atom is 0.171 e. The first kappa shape index (κ1) is 12.6. The molecular formula is C14H18ClNO. The maximum atomic E-state index is 12.4. The minimum Gasteiger partial charge on any atom is -1.00 e. The Kier molecular flexibility index (Phi) is 3.85. The van der Waals surface area contributed by atoms with Crippen molar-refractivity contribution in [3.63, 3.8) is 0 Å². The lowest BCUT2D eigenvalue weighted by atomic mass is 9.75. The fraction of sp³-hybridized carbons (Fsp3) is 0.500. The number of hydrogen-bond acceptors (Lipinski definition) is 1. The molecule has 2 bridgehead atoms. The van der Waals surface area contributed by atoms with E-state index in [0.29, 0.717) is 17.6 Å². The summed E-state index contributed by atoms with van der Waals surface area (Å²) in [5.74, 6) is 1.33. The van der Waals surface area contributed by atoms with Crippen LogP contribution in [-0.2, 0) is 0 Å². The quantitative estimate of drug-likeness (QED) is 0.592. The smallest absolute Gasteiger partial charge is 0.171 e. The fourth-order valence-corrected chi connectivity index (χ4v) is 3.26. The van der Waals surface area contributed by atoms with Gasteiger partial charge in [0.15, 0.2) is 5.78 Å². The third-order valence-corrected chi connectivity index (χ3v) is 4.21. The molecule has 3 aliphatic rings. The lowest BCUT2D eigenvalue weighted by Crippen LogP contribution is -3.16. The molecule has 1 atom stereocenters. The predicted molar refractivity (Wildman–Crippen MR) is 62.6 cm³/mol. The number of hydrogen-bond donors (Lipinski definition) is 1. The van der Waals surface area contributed by atoms with Gasteiger partial charge in [0.05, 0.1) is 25.6 Å². The summed E-state index contributed by atoms with van der Waals surface area (Å²) in [7, 11) is 0. The minimum atomic E-state index is 0. The van der Waals surface area contributed by atoms with Gasteiger partial charge in [-0.1, -0.05) is 30.3 Å². The largest absolute Gasteiger partial charge is 1.00 e. The average Bonchev–Trinajstić information content (AvgIpc) is 2.40. The second-order valence-corrected chi connectivity index (χ2v) is 5.13. The van der Waals surface area contributed by atoms with Crippen LogP contribution >= 0.6 is 0 Å². The number of Topliss-reactive ketones (excluding diaryl/α,β-unsaturated/α-hetero) is 1. The van der Waals surface area contributed by atoms with Crippen molar-refractivity contribution < 1.29 is 22.1 Å². The van der Waals surface area contributed by atoms with E-state index in [2.05, 4.69) is 0 Å². The number of benzene rings is 1. The van der Waals surface area contributed by atoms with Gasteiger partial charge in [-0.15, -0.1) is 0 Å². The molecule has 3 fully saturated rings. The number of fused-ring (bicyclic) bond motifs is 3. The molecule has 0 spiro atoms. The zero-order chi connectivity index (χ0) is 11.0. The van der Waals surface area contributed by atoms with Gasteiger partial charge in [0.25, 0.3) is 0 Å². The average molecular weight is 252 g/mol. The van der Waals surface area contributed by atoms with Crippen molar-refractivity contribution in [2.45, 2.75) is 12.8 Å². The second kappa shape index (κ2) is 5.19. The predicted octanol–water partition coefficient (Wildman–Crippen LogP) is -2.20. The van der Waals surface area contributed by atoms with E-state index < -0.39 is 0 Å². The van der Waals surface area contributed by atoms with E-state index in [4.69, 9.17) is 0 Å². The molecule has 1 aromatic carbocycles. The Balaban J connectivity index is 0.00000108. The Bertz CT molecular complexity index is 384. The van der Waals surface area contributed by atoms with E-state index in [1.807, 2.05) is 30.3 Å². The lowest BCUT2D eigenvalue weighted by molar-refractivity contribution is -0.919. The van der Waals surface area contributed by atoms with Crippen molar-refractivity contribution in [3.05, 3.63) is 35.9 Å². The molecule has 0 saturated carbocycles. The number of ketones is 1. The lowest BCUT2D eigenvalue weighted by Gasteiger charge is -2.41. The first-order valence-electron chi connectivity index (χ1n) is 6.27. The molecule has 0 amide bonds. The van der Waals surface area contributed by atoms with Gasteiger partial charge in [-0.2, -0.15) is 0 Å². The summed E-state index contributed by atoms with van der Waals surface area (Å²) >= 11 is 0. The highest BCUT2D eigenvalue weighted by atomic mass is 35.5. The van der Waals surface area contributed by atoms with Crippen molar-refractivity contribution in [1.82, 2.24) is 0 Å². The molecule has 1 N–H and O–H groups in total. The van der Waals surface area contributed by atoms with Crippen LogP contribution in [0.15, 0.2) is 30.3 Å². The summed E-state index contributed by atoms with van der Waals surface area (Å²) in [5, 5.41) is 0. The van der Waals surface area contributed by atoms with Crippen LogP contribution in [0.3, 0.4) is 0 Å². The zero-order valence-corrected chi connectivity index (χ0v) is 10.6. The van der Waals surface area contributed by atoms with Gasteiger partial charge in [0, 0.05) is 18.4 Å². The topological polar surface area (TPSA) is 21.5 Å². The molecule has 3 heteroatoms. The normalized spacial score (nSPS) is 30.7. The van der Waals surface area contributed by atoms with E-state index in [0.717, 1.165) is 12.1 Å². The molecule has 92 valence electrons. The molecule has 0 radical (unpaired) electrons. The summed E-state index contributed by atoms with van der Waals surface area (Å²) in [6, 6.07) is 9.80. The summed E-state index contributed by atoms with van der Waals surface area (Å²) < 4.78 is 0. The molecule has 3 heterocycles. The van der Waals surface area contributed by atoms with Crippen LogP contribution in [0.4, 0.5) is 0 Å². The molecule has 3 saturated heterocycles. The SMILES string of the molecule is O=C(c1ccccc1)C1C[NH+]2CCC1CC2.[Cl-]. The summed E-state index contributed by atoms with van der Waals surface area (Å²) in [6.45, 7) is 3.63. The van der Waals surface area contributed by atoms with Crippen molar-refractivity contribution in [1.29, 1.82) is 0 Å². The van der Waals surface area contributed by atoms with Gasteiger partial charge in [-0.05, 0) is 5.92 Å². The van der Waals surface area contributed by atoms with Crippen molar-refractivity contribution in [2.24, 2.45) is 11.8 Å². The number of nitrogens with one attached hydrogen (secondary N) is 1. The standard InChI is InChI=1S/C14H17NO.ClH/c16-14(12-4-2-1-3-5-12)13-10-15-8-6-11(13)7-9-15;/h1-5,11,13H,6-10H2;1H. The number of carbonyl (C=O) groups is 1. The van der Waals surface area contributed by atoms with Crippen LogP contribution in [0, 0.1) is 11.8 Å². The summed E-state index contributed by atoms with van der Waals surface area (Å²) in [5.41, 5.74) is 0.903. The van der Waals surface area contributed by atoms with Crippen molar-refractivity contribution in [3.8, 4) is 0 Å². The van der Waals surface area contributed by atoms with Crippen molar-refractivity contribution in [2.75, 3.05) is 19.6 Å². The van der Waals surface area contributed by atoms with E-state index in [-0.39, 0.29) is 12.4 Å². The fourth-order valence-electron chi connectivity index (χ4n) is 3.26. The number of quaternary nitrogens is 1. The monoisotopic (exact) mass is 251 g/mol. The number of halogens is 1. The van der Waals surface area contributed by atoms with E-state index >= 15 is 0 Å². The van der Waals surface area contributed by atoms with Crippen molar-refractivity contribution >= 4 is 5.78 Å². The second-order valence-electron chi connectivity index (χ2n) is 5.13. The van der Waals surface area contributed by atoms with E-state index in [9.17, 15) is 4.79 Å². The third kappa shape index (κ3) is 2.38. The molecule has 0 aliphatic carbocycles. The van der Waals surface area contributed by atoms with Crippen LogP contribution in [0.2, 0.25) is 0 Å². The highest BCUT2D eigenvalue weighted by Gasteiger charge is 2.41. The Morgan fingerprint density at radius 1 is 1.12 bits per heavy atom. The van der Waals surface area contributed by atoms with Gasteiger partial charge < -0.3 is 17.3 Å². The Morgan fingerprint density at radius 2 is 1.76 bits per heavy atom. The molecule has 1 unspecified atom stereocenters. The molecule has 0 aromatic heterocycles. The van der Waals surface area contributed by atoms with Crippen LogP contribution in [-0.4, -0.2) is 25.4 Å². The Labute approximate surface area is 108 Å². The first-order valence-corrected chi connectivity index (χ1v) is 6.27.